The van der Waals surface area contributed by atoms with Crippen LogP contribution < -0.4 is 18.9 Å². The maximum atomic E-state index is 14.0. The van der Waals surface area contributed by atoms with Crippen LogP contribution in [0, 0.1) is 5.41 Å². The summed E-state index contributed by atoms with van der Waals surface area (Å²) in [6.45, 7) is 0. The molecule has 1 saturated carbocycles. The van der Waals surface area contributed by atoms with Crippen LogP contribution in [0.2, 0.25) is 0 Å². The number of ether oxygens (including phenoxy) is 5. The van der Waals surface area contributed by atoms with E-state index in [1.54, 1.807) is 28.4 Å². The van der Waals surface area contributed by atoms with Crippen molar-refractivity contribution < 1.29 is 28.5 Å². The standard InChI is InChI=1S/C32H38O6/c1-34-25-14-12-21(19-27(25)36-3)18-23-10-9-11-24-29(22-13-15-26(35-2)28(20-22)37-4)32(31(33)38-30(23)24)16-7-5-6-8-17-32/h12-15,18-20,29H,5-11,16-17H2,1-4H3. The molecule has 1 fully saturated rings. The number of carbonyl (C=O) groups is 1. The van der Waals surface area contributed by atoms with E-state index in [9.17, 15) is 4.79 Å². The van der Waals surface area contributed by atoms with Crippen molar-refractivity contribution in [3.05, 3.63) is 64.4 Å². The van der Waals surface area contributed by atoms with Gasteiger partial charge in [-0.2, -0.15) is 0 Å². The number of esters is 1. The molecule has 6 nitrogen and oxygen atoms in total. The maximum absolute atomic E-state index is 14.0. The van der Waals surface area contributed by atoms with Gasteiger partial charge in [0.25, 0.3) is 0 Å². The fourth-order valence-electron chi connectivity index (χ4n) is 6.64. The highest BCUT2D eigenvalue weighted by atomic mass is 16.5. The molecule has 0 saturated heterocycles. The van der Waals surface area contributed by atoms with E-state index in [-0.39, 0.29) is 11.9 Å². The molecule has 1 unspecified atom stereocenters. The summed E-state index contributed by atoms with van der Waals surface area (Å²) in [7, 11) is 6.58. The largest absolute Gasteiger partial charge is 0.493 e. The van der Waals surface area contributed by atoms with Crippen molar-refractivity contribution in [3.63, 3.8) is 0 Å². The zero-order valence-electron chi connectivity index (χ0n) is 22.9. The molecule has 0 radical (unpaired) electrons. The lowest BCUT2D eigenvalue weighted by molar-refractivity contribution is -0.156. The molecule has 1 heterocycles. The first-order valence-corrected chi connectivity index (χ1v) is 13.6. The number of carbonyl (C=O) groups excluding carboxylic acids is 1. The lowest BCUT2D eigenvalue weighted by atomic mass is 9.61. The Morgan fingerprint density at radius 2 is 1.39 bits per heavy atom. The molecule has 202 valence electrons. The molecule has 2 aromatic carbocycles. The number of hydrogen-bond donors (Lipinski definition) is 0. The van der Waals surface area contributed by atoms with Crippen molar-refractivity contribution in [3.8, 4) is 23.0 Å². The Morgan fingerprint density at radius 1 is 0.763 bits per heavy atom. The summed E-state index contributed by atoms with van der Waals surface area (Å²) in [4.78, 5) is 14.0. The third-order valence-corrected chi connectivity index (χ3v) is 8.46. The van der Waals surface area contributed by atoms with E-state index in [0.29, 0.717) is 23.0 Å². The molecule has 1 aliphatic heterocycles. The average molecular weight is 519 g/mol. The molecule has 2 aliphatic carbocycles. The van der Waals surface area contributed by atoms with Crippen molar-refractivity contribution in [1.82, 2.24) is 0 Å². The zero-order valence-corrected chi connectivity index (χ0v) is 22.9. The molecular formula is C32H38O6. The number of hydrogen-bond acceptors (Lipinski definition) is 6. The Balaban J connectivity index is 1.66. The van der Waals surface area contributed by atoms with E-state index < -0.39 is 5.41 Å². The summed E-state index contributed by atoms with van der Waals surface area (Å²) < 4.78 is 28.5. The van der Waals surface area contributed by atoms with E-state index in [4.69, 9.17) is 23.7 Å². The molecule has 1 atom stereocenters. The predicted octanol–water partition coefficient (Wildman–Crippen LogP) is 7.22. The molecule has 1 spiro atoms. The number of allylic oxidation sites excluding steroid dienone is 2. The van der Waals surface area contributed by atoms with Gasteiger partial charge in [-0.25, -0.2) is 0 Å². The predicted molar refractivity (Wildman–Crippen MR) is 147 cm³/mol. The Morgan fingerprint density at radius 3 is 2.05 bits per heavy atom. The fourth-order valence-corrected chi connectivity index (χ4v) is 6.64. The number of benzene rings is 2. The Hall–Kier alpha value is -3.41. The molecule has 0 amide bonds. The van der Waals surface area contributed by atoms with Gasteiger partial charge in [-0.1, -0.05) is 37.8 Å². The summed E-state index contributed by atoms with van der Waals surface area (Å²) in [6, 6.07) is 12.0. The van der Waals surface area contributed by atoms with Gasteiger partial charge in [0.15, 0.2) is 23.0 Å². The van der Waals surface area contributed by atoms with Gasteiger partial charge in [-0.3, -0.25) is 4.79 Å². The van der Waals surface area contributed by atoms with Gasteiger partial charge in [0, 0.05) is 5.92 Å². The van der Waals surface area contributed by atoms with E-state index in [1.807, 2.05) is 24.3 Å². The van der Waals surface area contributed by atoms with Crippen LogP contribution in [0.4, 0.5) is 0 Å². The third-order valence-electron chi connectivity index (χ3n) is 8.46. The maximum Gasteiger partial charge on any atom is 0.318 e. The number of methoxy groups -OCH3 is 4. The smallest absolute Gasteiger partial charge is 0.318 e. The van der Waals surface area contributed by atoms with Crippen molar-refractivity contribution in [2.45, 2.75) is 63.7 Å². The van der Waals surface area contributed by atoms with Crippen LogP contribution in [0.3, 0.4) is 0 Å². The van der Waals surface area contributed by atoms with Crippen LogP contribution in [0.1, 0.15) is 74.8 Å². The van der Waals surface area contributed by atoms with E-state index in [2.05, 4.69) is 18.2 Å². The van der Waals surface area contributed by atoms with E-state index in [0.717, 1.165) is 80.2 Å². The molecular weight excluding hydrogens is 480 g/mol. The summed E-state index contributed by atoms with van der Waals surface area (Å²) in [5, 5.41) is 0. The normalized spacial score (nSPS) is 21.9. The van der Waals surface area contributed by atoms with Gasteiger partial charge >= 0.3 is 5.97 Å². The van der Waals surface area contributed by atoms with Gasteiger partial charge in [0.2, 0.25) is 0 Å². The third kappa shape index (κ3) is 4.65. The monoisotopic (exact) mass is 518 g/mol. The summed E-state index contributed by atoms with van der Waals surface area (Å²) in [6.07, 6.45) is 11.0. The molecule has 5 rings (SSSR count). The average Bonchev–Trinajstić information content (AvgIpc) is 3.20. The molecule has 38 heavy (non-hydrogen) atoms. The van der Waals surface area contributed by atoms with Gasteiger partial charge < -0.3 is 23.7 Å². The van der Waals surface area contributed by atoms with Crippen LogP contribution >= 0.6 is 0 Å². The summed E-state index contributed by atoms with van der Waals surface area (Å²) >= 11 is 0. The fraction of sp³-hybridized carbons (Fsp3) is 0.469. The molecule has 2 aromatic rings. The van der Waals surface area contributed by atoms with Gasteiger partial charge in [-0.05, 0) is 84.7 Å². The Bertz CT molecular complexity index is 1250. The Kier molecular flexibility index (Phi) is 7.68. The quantitative estimate of drug-likeness (QED) is 0.376. The SMILES string of the molecule is COc1ccc(C=C2CCCC3=C2OC(=O)C2(CCCCCC2)C3c2ccc(OC)c(OC)c2)cc1OC. The van der Waals surface area contributed by atoms with Crippen molar-refractivity contribution in [2.24, 2.45) is 5.41 Å². The first kappa shape index (κ1) is 26.2. The van der Waals surface area contributed by atoms with Crippen LogP contribution in [-0.4, -0.2) is 34.4 Å². The highest BCUT2D eigenvalue weighted by molar-refractivity contribution is 5.84. The number of rotatable bonds is 6. The van der Waals surface area contributed by atoms with Crippen molar-refractivity contribution >= 4 is 12.0 Å². The minimum atomic E-state index is -0.555. The van der Waals surface area contributed by atoms with Crippen molar-refractivity contribution in [1.29, 1.82) is 0 Å². The second-order valence-corrected chi connectivity index (χ2v) is 10.5. The van der Waals surface area contributed by atoms with Crippen LogP contribution in [-0.2, 0) is 9.53 Å². The lowest BCUT2D eigenvalue weighted by Gasteiger charge is -2.45. The topological polar surface area (TPSA) is 63.2 Å². The van der Waals surface area contributed by atoms with Gasteiger partial charge in [0.1, 0.15) is 5.76 Å². The van der Waals surface area contributed by atoms with Gasteiger partial charge in [-0.15, -0.1) is 0 Å². The van der Waals surface area contributed by atoms with Crippen molar-refractivity contribution in [2.75, 3.05) is 28.4 Å². The van der Waals surface area contributed by atoms with Crippen LogP contribution in [0.5, 0.6) is 23.0 Å². The van der Waals surface area contributed by atoms with Crippen LogP contribution in [0.25, 0.3) is 6.08 Å². The van der Waals surface area contributed by atoms with Gasteiger partial charge in [0.05, 0.1) is 33.9 Å². The summed E-state index contributed by atoms with van der Waals surface area (Å²) in [5.41, 5.74) is 3.82. The highest BCUT2D eigenvalue weighted by Gasteiger charge is 2.53. The molecule has 6 heteroatoms. The Labute approximate surface area is 225 Å². The summed E-state index contributed by atoms with van der Waals surface area (Å²) in [5.74, 6) is 3.36. The first-order chi connectivity index (χ1) is 18.5. The lowest BCUT2D eigenvalue weighted by Crippen LogP contribution is -2.44. The zero-order chi connectivity index (χ0) is 26.7. The second-order valence-electron chi connectivity index (χ2n) is 10.5. The second kappa shape index (κ2) is 11.1. The van der Waals surface area contributed by atoms with Crippen LogP contribution in [0.15, 0.2) is 53.3 Å². The van der Waals surface area contributed by atoms with E-state index >= 15 is 0 Å². The molecule has 0 N–H and O–H groups in total. The minimum absolute atomic E-state index is 0.0502. The molecule has 3 aliphatic rings. The van der Waals surface area contributed by atoms with E-state index in [1.165, 1.54) is 5.57 Å². The highest BCUT2D eigenvalue weighted by Crippen LogP contribution is 2.58. The molecule has 0 bridgehead atoms. The first-order valence-electron chi connectivity index (χ1n) is 13.6. The minimum Gasteiger partial charge on any atom is -0.493 e. The molecule has 0 aromatic heterocycles.